The van der Waals surface area contributed by atoms with E-state index in [1.165, 1.54) is 6.21 Å². The minimum absolute atomic E-state index is 0.632. The van der Waals surface area contributed by atoms with Crippen molar-refractivity contribution >= 4 is 6.21 Å². The number of hydrogen-bond donors (Lipinski definition) is 1. The van der Waals surface area contributed by atoms with E-state index in [0.717, 1.165) is 12.8 Å². The Morgan fingerprint density at radius 2 is 2.25 bits per heavy atom. The van der Waals surface area contributed by atoms with E-state index >= 15 is 0 Å². The lowest BCUT2D eigenvalue weighted by atomic mass is 10.0. The zero-order valence-electron chi connectivity index (χ0n) is 5.65. The van der Waals surface area contributed by atoms with Crippen molar-refractivity contribution in [2.24, 2.45) is 5.92 Å². The number of rotatable bonds is 4. The third kappa shape index (κ3) is 2.78. The van der Waals surface area contributed by atoms with Gasteiger partial charge in [-0.3, -0.25) is 0 Å². The minimum Gasteiger partial charge on any atom is -0.313 e. The predicted octanol–water partition coefficient (Wildman–Crippen LogP) is 2.28. The second-order valence-electron chi connectivity index (χ2n) is 1.94. The first-order chi connectivity index (χ1) is 3.85. The standard InChI is InChI=1S/C7H14N/c1-3-7(4-2)5-6-8/h3,6-8H,4-5H2,1-2H3. The van der Waals surface area contributed by atoms with Crippen LogP contribution < -0.4 is 0 Å². The van der Waals surface area contributed by atoms with Crippen LogP contribution >= 0.6 is 0 Å². The minimum atomic E-state index is 0.632. The first-order valence-corrected chi connectivity index (χ1v) is 3.13. The summed E-state index contributed by atoms with van der Waals surface area (Å²) in [7, 11) is 0. The van der Waals surface area contributed by atoms with Gasteiger partial charge in [0.2, 0.25) is 0 Å². The smallest absolute Gasteiger partial charge is 0.00449 e. The molecule has 1 N–H and O–H groups in total. The third-order valence-corrected chi connectivity index (χ3v) is 1.42. The second kappa shape index (κ2) is 4.82. The van der Waals surface area contributed by atoms with Crippen LogP contribution in [0, 0.1) is 17.7 Å². The topological polar surface area (TPSA) is 23.9 Å². The van der Waals surface area contributed by atoms with Crippen molar-refractivity contribution in [2.45, 2.75) is 26.7 Å². The molecule has 1 nitrogen and oxygen atoms in total. The summed E-state index contributed by atoms with van der Waals surface area (Å²) in [6.45, 7) is 4.20. The van der Waals surface area contributed by atoms with Gasteiger partial charge < -0.3 is 5.41 Å². The summed E-state index contributed by atoms with van der Waals surface area (Å²) in [6.07, 6.45) is 5.71. The van der Waals surface area contributed by atoms with E-state index in [-0.39, 0.29) is 0 Å². The van der Waals surface area contributed by atoms with Crippen LogP contribution in [0.15, 0.2) is 0 Å². The van der Waals surface area contributed by atoms with Crippen LogP contribution in [0.3, 0.4) is 0 Å². The molecule has 0 aliphatic heterocycles. The fraction of sp³-hybridized carbons (Fsp3) is 0.714. The molecular formula is C7H14N. The highest BCUT2D eigenvalue weighted by molar-refractivity contribution is 5.53. The Hall–Kier alpha value is -0.330. The largest absolute Gasteiger partial charge is 0.313 e. The van der Waals surface area contributed by atoms with E-state index in [0.29, 0.717) is 5.92 Å². The molecule has 0 aromatic rings. The number of hydrogen-bond acceptors (Lipinski definition) is 1. The van der Waals surface area contributed by atoms with Crippen molar-refractivity contribution in [3.63, 3.8) is 0 Å². The molecule has 1 heteroatoms. The van der Waals surface area contributed by atoms with Crippen molar-refractivity contribution < 1.29 is 0 Å². The molecular weight excluding hydrogens is 98.1 g/mol. The van der Waals surface area contributed by atoms with Crippen LogP contribution in [-0.2, 0) is 0 Å². The molecule has 1 atom stereocenters. The van der Waals surface area contributed by atoms with Gasteiger partial charge in [-0.25, -0.2) is 0 Å². The van der Waals surface area contributed by atoms with Crippen molar-refractivity contribution in [1.29, 1.82) is 5.41 Å². The summed E-state index contributed by atoms with van der Waals surface area (Å²) in [5.74, 6) is 0.632. The highest BCUT2D eigenvalue weighted by Gasteiger charge is 1.98. The Bertz CT molecular complexity index is 55.4. The Labute approximate surface area is 51.6 Å². The molecule has 0 aromatic carbocycles. The summed E-state index contributed by atoms with van der Waals surface area (Å²) in [6, 6.07) is 0. The molecule has 0 fully saturated rings. The highest BCUT2D eigenvalue weighted by atomic mass is 14.3. The molecule has 1 radical (unpaired) electrons. The maximum atomic E-state index is 6.79. The SMILES string of the molecule is C[CH]C(CC)CC=N. The third-order valence-electron chi connectivity index (χ3n) is 1.42. The maximum Gasteiger partial charge on any atom is -0.00449 e. The molecule has 0 saturated heterocycles. The van der Waals surface area contributed by atoms with E-state index in [2.05, 4.69) is 20.3 Å². The van der Waals surface area contributed by atoms with E-state index in [9.17, 15) is 0 Å². The average molecular weight is 112 g/mol. The average Bonchev–Trinajstić information content (AvgIpc) is 1.83. The summed E-state index contributed by atoms with van der Waals surface area (Å²) in [5, 5.41) is 6.79. The van der Waals surface area contributed by atoms with Gasteiger partial charge in [0.15, 0.2) is 0 Å². The molecule has 0 amide bonds. The van der Waals surface area contributed by atoms with E-state index in [1.807, 2.05) is 0 Å². The zero-order valence-corrected chi connectivity index (χ0v) is 5.65. The lowest BCUT2D eigenvalue weighted by molar-refractivity contribution is 0.613. The van der Waals surface area contributed by atoms with Gasteiger partial charge >= 0.3 is 0 Å². The van der Waals surface area contributed by atoms with Crippen LogP contribution in [0.4, 0.5) is 0 Å². The molecule has 1 unspecified atom stereocenters. The molecule has 0 aromatic heterocycles. The van der Waals surface area contributed by atoms with E-state index < -0.39 is 0 Å². The Morgan fingerprint density at radius 1 is 1.62 bits per heavy atom. The van der Waals surface area contributed by atoms with Crippen LogP contribution in [0.1, 0.15) is 26.7 Å². The van der Waals surface area contributed by atoms with Gasteiger partial charge in [-0.15, -0.1) is 0 Å². The van der Waals surface area contributed by atoms with Crippen molar-refractivity contribution in [2.75, 3.05) is 0 Å². The van der Waals surface area contributed by atoms with Gasteiger partial charge in [0.05, 0.1) is 0 Å². The molecule has 0 aliphatic carbocycles. The molecule has 0 rings (SSSR count). The summed E-state index contributed by atoms with van der Waals surface area (Å²) < 4.78 is 0. The summed E-state index contributed by atoms with van der Waals surface area (Å²) in [4.78, 5) is 0. The molecule has 0 aliphatic rings. The Morgan fingerprint density at radius 3 is 2.38 bits per heavy atom. The van der Waals surface area contributed by atoms with Gasteiger partial charge in [-0.2, -0.15) is 0 Å². The Kier molecular flexibility index (Phi) is 4.62. The molecule has 0 bridgehead atoms. The van der Waals surface area contributed by atoms with Crippen LogP contribution in [0.5, 0.6) is 0 Å². The quantitative estimate of drug-likeness (QED) is 0.539. The summed E-state index contributed by atoms with van der Waals surface area (Å²) >= 11 is 0. The normalized spacial score (nSPS) is 9.88. The van der Waals surface area contributed by atoms with Crippen molar-refractivity contribution in [3.8, 4) is 0 Å². The molecule has 47 valence electrons. The second-order valence-corrected chi connectivity index (χ2v) is 1.94. The first-order valence-electron chi connectivity index (χ1n) is 3.13. The van der Waals surface area contributed by atoms with Gasteiger partial charge in [-0.05, 0) is 25.0 Å². The zero-order chi connectivity index (χ0) is 6.41. The maximum absolute atomic E-state index is 6.79. The van der Waals surface area contributed by atoms with Crippen LogP contribution in [-0.4, -0.2) is 6.21 Å². The van der Waals surface area contributed by atoms with E-state index in [4.69, 9.17) is 5.41 Å². The summed E-state index contributed by atoms with van der Waals surface area (Å²) in [5.41, 5.74) is 0. The van der Waals surface area contributed by atoms with Gasteiger partial charge in [0.25, 0.3) is 0 Å². The monoisotopic (exact) mass is 112 g/mol. The predicted molar refractivity (Wildman–Crippen MR) is 37.2 cm³/mol. The Balaban J connectivity index is 3.20. The first kappa shape index (κ1) is 7.67. The van der Waals surface area contributed by atoms with Gasteiger partial charge in [-0.1, -0.05) is 20.3 Å². The lowest BCUT2D eigenvalue weighted by Crippen LogP contribution is -1.96. The van der Waals surface area contributed by atoms with Crippen LogP contribution in [0.2, 0.25) is 0 Å². The van der Waals surface area contributed by atoms with Crippen molar-refractivity contribution in [3.05, 3.63) is 6.42 Å². The fourth-order valence-electron chi connectivity index (χ4n) is 0.690. The van der Waals surface area contributed by atoms with E-state index in [1.54, 1.807) is 0 Å². The highest BCUT2D eigenvalue weighted by Crippen LogP contribution is 2.08. The van der Waals surface area contributed by atoms with Gasteiger partial charge in [0, 0.05) is 0 Å². The number of nitrogens with one attached hydrogen (secondary N) is 1. The molecule has 0 heterocycles. The van der Waals surface area contributed by atoms with Crippen molar-refractivity contribution in [1.82, 2.24) is 0 Å². The fourth-order valence-corrected chi connectivity index (χ4v) is 0.690. The molecule has 0 saturated carbocycles. The van der Waals surface area contributed by atoms with Crippen LogP contribution in [0.25, 0.3) is 0 Å². The van der Waals surface area contributed by atoms with Gasteiger partial charge in [0.1, 0.15) is 0 Å². The molecule has 0 spiro atoms. The lowest BCUT2D eigenvalue weighted by Gasteiger charge is -2.05. The molecule has 8 heavy (non-hydrogen) atoms.